The molecule has 0 saturated carbocycles. The lowest BCUT2D eigenvalue weighted by molar-refractivity contribution is 0.116. The number of para-hydroxylation sites is 2. The summed E-state index contributed by atoms with van der Waals surface area (Å²) in [6.07, 6.45) is 1.06. The summed E-state index contributed by atoms with van der Waals surface area (Å²) >= 11 is 0. The van der Waals surface area contributed by atoms with Gasteiger partial charge in [-0.1, -0.05) is 26.0 Å². The highest BCUT2D eigenvalue weighted by molar-refractivity contribution is 5.75. The van der Waals surface area contributed by atoms with Crippen LogP contribution in [0.15, 0.2) is 29.1 Å². The molecule has 1 aromatic heterocycles. The quantitative estimate of drug-likeness (QED) is 0.749. The number of ether oxygens (including phenoxy) is 1. The molecule has 0 amide bonds. The maximum absolute atomic E-state index is 12.1. The summed E-state index contributed by atoms with van der Waals surface area (Å²) in [5.74, 6) is 0.653. The Balaban J connectivity index is 2.05. The molecule has 0 aliphatic heterocycles. The van der Waals surface area contributed by atoms with Gasteiger partial charge in [0.25, 0.3) is 0 Å². The molecule has 0 spiro atoms. The van der Waals surface area contributed by atoms with Crippen LogP contribution in [0.25, 0.3) is 11.0 Å². The van der Waals surface area contributed by atoms with Crippen molar-refractivity contribution in [3.63, 3.8) is 0 Å². The molecule has 1 aromatic carbocycles. The number of hydrogen-bond donors (Lipinski definition) is 0. The van der Waals surface area contributed by atoms with Crippen molar-refractivity contribution in [3.05, 3.63) is 34.7 Å². The fourth-order valence-corrected chi connectivity index (χ4v) is 2.16. The first kappa shape index (κ1) is 13.9. The Labute approximate surface area is 113 Å². The van der Waals surface area contributed by atoms with Gasteiger partial charge in [-0.3, -0.25) is 9.13 Å². The van der Waals surface area contributed by atoms with E-state index in [-0.39, 0.29) is 5.69 Å². The highest BCUT2D eigenvalue weighted by atomic mass is 16.5. The molecule has 0 radical (unpaired) electrons. The third-order valence-corrected chi connectivity index (χ3v) is 3.35. The molecular weight excluding hydrogens is 240 g/mol. The van der Waals surface area contributed by atoms with Crippen LogP contribution in [-0.2, 0) is 18.3 Å². The summed E-state index contributed by atoms with van der Waals surface area (Å²) in [5.41, 5.74) is 1.96. The number of benzene rings is 1. The minimum absolute atomic E-state index is 0.0219. The monoisotopic (exact) mass is 262 g/mol. The lowest BCUT2D eigenvalue weighted by Gasteiger charge is -2.07. The second-order valence-corrected chi connectivity index (χ2v) is 5.28. The average molecular weight is 262 g/mol. The van der Waals surface area contributed by atoms with Crippen LogP contribution in [0, 0.1) is 5.92 Å². The van der Waals surface area contributed by atoms with E-state index in [1.165, 1.54) is 0 Å². The van der Waals surface area contributed by atoms with Crippen LogP contribution in [-0.4, -0.2) is 22.3 Å². The van der Waals surface area contributed by atoms with Crippen LogP contribution >= 0.6 is 0 Å². The third kappa shape index (κ3) is 3.07. The van der Waals surface area contributed by atoms with Crippen LogP contribution in [0.1, 0.15) is 20.3 Å². The molecule has 2 rings (SSSR count). The Morgan fingerprint density at radius 1 is 1.16 bits per heavy atom. The number of fused-ring (bicyclic) bond motifs is 1. The number of rotatable bonds is 6. The zero-order chi connectivity index (χ0) is 13.8. The molecule has 0 aliphatic rings. The van der Waals surface area contributed by atoms with Crippen molar-refractivity contribution in [2.45, 2.75) is 26.8 Å². The maximum atomic E-state index is 12.1. The molecule has 0 unspecified atom stereocenters. The Hall–Kier alpha value is -1.55. The Morgan fingerprint density at radius 2 is 1.84 bits per heavy atom. The van der Waals surface area contributed by atoms with E-state index in [0.717, 1.165) is 24.1 Å². The van der Waals surface area contributed by atoms with E-state index in [1.807, 2.05) is 24.3 Å². The van der Waals surface area contributed by atoms with Crippen molar-refractivity contribution in [2.24, 2.45) is 13.0 Å². The van der Waals surface area contributed by atoms with Crippen LogP contribution in [0.3, 0.4) is 0 Å². The lowest BCUT2D eigenvalue weighted by atomic mass is 10.1. The normalized spacial score (nSPS) is 11.6. The van der Waals surface area contributed by atoms with Crippen molar-refractivity contribution < 1.29 is 4.74 Å². The molecule has 0 bridgehead atoms. The van der Waals surface area contributed by atoms with Crippen molar-refractivity contribution >= 4 is 11.0 Å². The van der Waals surface area contributed by atoms with Crippen molar-refractivity contribution in [3.8, 4) is 0 Å². The maximum Gasteiger partial charge on any atom is 0.328 e. The number of hydrogen-bond acceptors (Lipinski definition) is 2. The Kier molecular flexibility index (Phi) is 4.43. The number of aryl methyl sites for hydroxylation is 1. The van der Waals surface area contributed by atoms with E-state index in [2.05, 4.69) is 13.8 Å². The molecule has 0 atom stereocenters. The van der Waals surface area contributed by atoms with E-state index in [1.54, 1.807) is 16.2 Å². The third-order valence-electron chi connectivity index (χ3n) is 3.35. The molecule has 4 heteroatoms. The van der Waals surface area contributed by atoms with Gasteiger partial charge in [-0.25, -0.2) is 4.79 Å². The summed E-state index contributed by atoms with van der Waals surface area (Å²) in [4.78, 5) is 12.1. The first-order valence-corrected chi connectivity index (χ1v) is 6.83. The second-order valence-electron chi connectivity index (χ2n) is 5.28. The van der Waals surface area contributed by atoms with E-state index in [9.17, 15) is 4.79 Å². The summed E-state index contributed by atoms with van der Waals surface area (Å²) in [7, 11) is 1.81. The van der Waals surface area contributed by atoms with Gasteiger partial charge in [0.1, 0.15) is 0 Å². The van der Waals surface area contributed by atoms with Gasteiger partial charge in [0.15, 0.2) is 0 Å². The fourth-order valence-electron chi connectivity index (χ4n) is 2.16. The molecule has 19 heavy (non-hydrogen) atoms. The zero-order valence-electron chi connectivity index (χ0n) is 11.9. The van der Waals surface area contributed by atoms with Gasteiger partial charge in [0.05, 0.1) is 24.2 Å². The molecule has 4 nitrogen and oxygen atoms in total. The van der Waals surface area contributed by atoms with Gasteiger partial charge >= 0.3 is 5.69 Å². The lowest BCUT2D eigenvalue weighted by Crippen LogP contribution is -2.24. The minimum Gasteiger partial charge on any atom is -0.380 e. The summed E-state index contributed by atoms with van der Waals surface area (Å²) < 4.78 is 9.06. The Bertz CT molecular complexity index is 596. The highest BCUT2D eigenvalue weighted by Crippen LogP contribution is 2.11. The molecular formula is C15H22N2O2. The highest BCUT2D eigenvalue weighted by Gasteiger charge is 2.09. The fraction of sp³-hybridized carbons (Fsp3) is 0.533. The summed E-state index contributed by atoms with van der Waals surface area (Å²) in [5, 5.41) is 0. The molecule has 0 N–H and O–H groups in total. The standard InChI is InChI=1S/C15H22N2O2/c1-12(2)8-10-19-11-9-17-14-7-5-4-6-13(14)16(3)15(17)18/h4-7,12H,8-11H2,1-3H3. The first-order valence-electron chi connectivity index (χ1n) is 6.83. The van der Waals surface area contributed by atoms with Gasteiger partial charge in [0.2, 0.25) is 0 Å². The molecule has 0 saturated heterocycles. The van der Waals surface area contributed by atoms with E-state index in [4.69, 9.17) is 4.74 Å². The number of aromatic nitrogens is 2. The molecule has 2 aromatic rings. The predicted molar refractivity (Wildman–Crippen MR) is 77.5 cm³/mol. The minimum atomic E-state index is 0.0219. The number of imidazole rings is 1. The van der Waals surface area contributed by atoms with Gasteiger partial charge in [-0.05, 0) is 24.5 Å². The van der Waals surface area contributed by atoms with Crippen molar-refractivity contribution in [1.29, 1.82) is 0 Å². The van der Waals surface area contributed by atoms with Crippen molar-refractivity contribution in [2.75, 3.05) is 13.2 Å². The van der Waals surface area contributed by atoms with Gasteiger partial charge < -0.3 is 4.74 Å². The molecule has 1 heterocycles. The largest absolute Gasteiger partial charge is 0.380 e. The second kappa shape index (κ2) is 6.06. The smallest absolute Gasteiger partial charge is 0.328 e. The van der Waals surface area contributed by atoms with Crippen LogP contribution in [0.2, 0.25) is 0 Å². The van der Waals surface area contributed by atoms with Crippen molar-refractivity contribution in [1.82, 2.24) is 9.13 Å². The van der Waals surface area contributed by atoms with Crippen LogP contribution < -0.4 is 5.69 Å². The first-order chi connectivity index (χ1) is 9.11. The van der Waals surface area contributed by atoms with Gasteiger partial charge in [-0.2, -0.15) is 0 Å². The molecule has 104 valence electrons. The SMILES string of the molecule is CC(C)CCOCCn1c(=O)n(C)c2ccccc21. The van der Waals surface area contributed by atoms with Crippen LogP contribution in [0.4, 0.5) is 0 Å². The molecule has 0 aliphatic carbocycles. The number of nitrogens with zero attached hydrogens (tertiary/aromatic N) is 2. The van der Waals surface area contributed by atoms with E-state index < -0.39 is 0 Å². The van der Waals surface area contributed by atoms with E-state index >= 15 is 0 Å². The van der Waals surface area contributed by atoms with Gasteiger partial charge in [-0.15, -0.1) is 0 Å². The predicted octanol–water partition coefficient (Wildman–Crippen LogP) is 2.40. The zero-order valence-corrected chi connectivity index (χ0v) is 11.9. The van der Waals surface area contributed by atoms with Gasteiger partial charge in [0, 0.05) is 13.7 Å². The summed E-state index contributed by atoms with van der Waals surface area (Å²) in [6, 6.07) is 7.85. The Morgan fingerprint density at radius 3 is 2.53 bits per heavy atom. The molecule has 0 fully saturated rings. The topological polar surface area (TPSA) is 36.2 Å². The van der Waals surface area contributed by atoms with Crippen LogP contribution in [0.5, 0.6) is 0 Å². The summed E-state index contributed by atoms with van der Waals surface area (Å²) in [6.45, 7) is 6.31. The average Bonchev–Trinajstić information content (AvgIpc) is 2.63. The van der Waals surface area contributed by atoms with E-state index in [0.29, 0.717) is 19.1 Å².